The number of rotatable bonds is 3. The van der Waals surface area contributed by atoms with Gasteiger partial charge in [0.25, 0.3) is 0 Å². The fourth-order valence-corrected chi connectivity index (χ4v) is 3.34. The summed E-state index contributed by atoms with van der Waals surface area (Å²) in [6.45, 7) is 1.68. The topological polar surface area (TPSA) is 41.9 Å². The van der Waals surface area contributed by atoms with E-state index in [0.29, 0.717) is 38.2 Å². The van der Waals surface area contributed by atoms with E-state index in [0.717, 1.165) is 6.42 Å². The first-order chi connectivity index (χ1) is 10.1. The Morgan fingerprint density at radius 2 is 2.05 bits per heavy atom. The van der Waals surface area contributed by atoms with Gasteiger partial charge >= 0.3 is 0 Å². The van der Waals surface area contributed by atoms with Gasteiger partial charge in [-0.25, -0.2) is 4.39 Å². The van der Waals surface area contributed by atoms with E-state index in [9.17, 15) is 9.50 Å². The Morgan fingerprint density at radius 1 is 1.33 bits per heavy atom. The van der Waals surface area contributed by atoms with E-state index < -0.39 is 11.9 Å². The molecule has 1 heterocycles. The second-order valence-electron chi connectivity index (χ2n) is 5.99. The molecule has 1 saturated heterocycles. The van der Waals surface area contributed by atoms with Crippen LogP contribution in [-0.2, 0) is 16.0 Å². The minimum atomic E-state index is -0.548. The summed E-state index contributed by atoms with van der Waals surface area (Å²) in [6, 6.07) is 6.67. The first kappa shape index (κ1) is 14.9. The third-order valence-electron chi connectivity index (χ3n) is 4.54. The molecule has 3 rings (SSSR count). The average molecular weight is 295 g/mol. The fourth-order valence-electron chi connectivity index (χ4n) is 3.34. The quantitative estimate of drug-likeness (QED) is 0.925. The number of nitrogens with zero attached hydrogens (tertiary/aromatic N) is 1. The lowest BCUT2D eigenvalue weighted by atomic mass is 9.86. The van der Waals surface area contributed by atoms with E-state index in [1.165, 1.54) is 6.07 Å². The molecule has 5 heteroatoms. The molecule has 0 amide bonds. The summed E-state index contributed by atoms with van der Waals surface area (Å²) in [5, 5.41) is 10.3. The van der Waals surface area contributed by atoms with Crippen molar-refractivity contribution in [1.82, 2.24) is 4.90 Å². The van der Waals surface area contributed by atoms with Crippen molar-refractivity contribution in [3.63, 3.8) is 0 Å². The number of hydrogen-bond donors (Lipinski definition) is 1. The van der Waals surface area contributed by atoms with Gasteiger partial charge in [-0.2, -0.15) is 0 Å². The molecule has 4 nitrogen and oxygen atoms in total. The highest BCUT2D eigenvalue weighted by molar-refractivity contribution is 5.17. The normalized spacial score (nSPS) is 28.4. The van der Waals surface area contributed by atoms with Gasteiger partial charge < -0.3 is 14.6 Å². The van der Waals surface area contributed by atoms with Gasteiger partial charge in [0.05, 0.1) is 19.3 Å². The Morgan fingerprint density at radius 3 is 2.76 bits per heavy atom. The third-order valence-corrected chi connectivity index (χ3v) is 4.54. The van der Waals surface area contributed by atoms with Crippen molar-refractivity contribution in [3.8, 4) is 0 Å². The molecule has 1 spiro atoms. The van der Waals surface area contributed by atoms with E-state index in [2.05, 4.69) is 0 Å². The Kier molecular flexibility index (Phi) is 4.26. The SMILES string of the molecule is CN(Cc1ccccc1F)C1CC2(CCC1O)OCCO2. The van der Waals surface area contributed by atoms with Crippen LogP contribution in [0.25, 0.3) is 0 Å². The van der Waals surface area contributed by atoms with Crippen molar-refractivity contribution in [2.24, 2.45) is 0 Å². The summed E-state index contributed by atoms with van der Waals surface area (Å²) in [5.74, 6) is -0.759. The van der Waals surface area contributed by atoms with Crippen LogP contribution in [0.1, 0.15) is 24.8 Å². The lowest BCUT2D eigenvalue weighted by Gasteiger charge is -2.42. The Hall–Kier alpha value is -1.01. The van der Waals surface area contributed by atoms with E-state index in [1.54, 1.807) is 12.1 Å². The summed E-state index contributed by atoms with van der Waals surface area (Å²) in [5.41, 5.74) is 0.639. The molecule has 0 aromatic heterocycles. The second kappa shape index (κ2) is 6.01. The number of aliphatic hydroxyl groups excluding tert-OH is 1. The van der Waals surface area contributed by atoms with Crippen LogP contribution < -0.4 is 0 Å². The summed E-state index contributed by atoms with van der Waals surface area (Å²) < 4.78 is 25.3. The number of halogens is 1. The molecule has 2 fully saturated rings. The van der Waals surface area contributed by atoms with Crippen LogP contribution in [0.2, 0.25) is 0 Å². The van der Waals surface area contributed by atoms with Gasteiger partial charge in [-0.1, -0.05) is 18.2 Å². The maximum atomic E-state index is 13.8. The van der Waals surface area contributed by atoms with Crippen LogP contribution in [0.4, 0.5) is 4.39 Å². The summed E-state index contributed by atoms with van der Waals surface area (Å²) >= 11 is 0. The largest absolute Gasteiger partial charge is 0.391 e. The minimum Gasteiger partial charge on any atom is -0.391 e. The van der Waals surface area contributed by atoms with Gasteiger partial charge in [-0.05, 0) is 19.5 Å². The molecule has 116 valence electrons. The molecule has 0 radical (unpaired) electrons. The highest BCUT2D eigenvalue weighted by atomic mass is 19.1. The zero-order chi connectivity index (χ0) is 14.9. The van der Waals surface area contributed by atoms with E-state index in [1.807, 2.05) is 18.0 Å². The zero-order valence-electron chi connectivity index (χ0n) is 12.3. The van der Waals surface area contributed by atoms with Gasteiger partial charge in [0.1, 0.15) is 5.82 Å². The van der Waals surface area contributed by atoms with E-state index >= 15 is 0 Å². The van der Waals surface area contributed by atoms with Gasteiger partial charge in [0, 0.05) is 31.0 Å². The molecular formula is C16H22FNO3. The molecule has 1 aliphatic heterocycles. The Labute approximate surface area is 124 Å². The second-order valence-corrected chi connectivity index (χ2v) is 5.99. The highest BCUT2D eigenvalue weighted by Crippen LogP contribution is 2.37. The summed E-state index contributed by atoms with van der Waals surface area (Å²) in [7, 11) is 1.91. The van der Waals surface area contributed by atoms with Crippen molar-refractivity contribution in [3.05, 3.63) is 35.6 Å². The number of likely N-dealkylation sites (N-methyl/N-ethyl adjacent to an activating group) is 1. The van der Waals surface area contributed by atoms with Gasteiger partial charge in [-0.15, -0.1) is 0 Å². The predicted molar refractivity (Wildman–Crippen MR) is 76.1 cm³/mol. The molecule has 1 aliphatic carbocycles. The smallest absolute Gasteiger partial charge is 0.170 e. The van der Waals surface area contributed by atoms with Crippen LogP contribution in [0.15, 0.2) is 24.3 Å². The summed E-state index contributed by atoms with van der Waals surface area (Å²) in [6.07, 6.45) is 1.56. The van der Waals surface area contributed by atoms with Crippen molar-refractivity contribution in [1.29, 1.82) is 0 Å². The lowest BCUT2D eigenvalue weighted by molar-refractivity contribution is -0.204. The van der Waals surface area contributed by atoms with Crippen molar-refractivity contribution in [2.75, 3.05) is 20.3 Å². The number of hydrogen-bond acceptors (Lipinski definition) is 4. The van der Waals surface area contributed by atoms with Gasteiger partial charge in [0.15, 0.2) is 5.79 Å². The predicted octanol–water partition coefficient (Wildman–Crippen LogP) is 1.91. The standard InChI is InChI=1S/C16H22FNO3/c1-18(11-12-4-2-3-5-13(12)17)14-10-16(7-6-15(14)19)20-8-9-21-16/h2-5,14-15,19H,6-11H2,1H3. The molecule has 1 saturated carbocycles. The van der Waals surface area contributed by atoms with Crippen LogP contribution in [0, 0.1) is 5.82 Å². The van der Waals surface area contributed by atoms with Gasteiger partial charge in [0.2, 0.25) is 0 Å². The molecule has 1 N–H and O–H groups in total. The van der Waals surface area contributed by atoms with E-state index in [-0.39, 0.29) is 11.9 Å². The molecule has 2 aliphatic rings. The number of ether oxygens (including phenoxy) is 2. The van der Waals surface area contributed by atoms with Crippen LogP contribution in [0.3, 0.4) is 0 Å². The van der Waals surface area contributed by atoms with E-state index in [4.69, 9.17) is 9.47 Å². The fraction of sp³-hybridized carbons (Fsp3) is 0.625. The molecule has 0 bridgehead atoms. The third kappa shape index (κ3) is 3.11. The van der Waals surface area contributed by atoms with Crippen LogP contribution in [-0.4, -0.2) is 48.2 Å². The monoisotopic (exact) mass is 295 g/mol. The summed E-state index contributed by atoms with van der Waals surface area (Å²) in [4.78, 5) is 2.00. The van der Waals surface area contributed by atoms with Crippen molar-refractivity contribution >= 4 is 0 Å². The molecule has 21 heavy (non-hydrogen) atoms. The lowest BCUT2D eigenvalue weighted by Crippen LogP contribution is -2.52. The maximum Gasteiger partial charge on any atom is 0.170 e. The maximum absolute atomic E-state index is 13.8. The molecular weight excluding hydrogens is 273 g/mol. The van der Waals surface area contributed by atoms with Crippen molar-refractivity contribution in [2.45, 2.75) is 43.7 Å². The van der Waals surface area contributed by atoms with Crippen LogP contribution >= 0.6 is 0 Å². The first-order valence-corrected chi connectivity index (χ1v) is 7.49. The first-order valence-electron chi connectivity index (χ1n) is 7.49. The Bertz CT molecular complexity index is 490. The number of benzene rings is 1. The van der Waals surface area contributed by atoms with Crippen LogP contribution in [0.5, 0.6) is 0 Å². The van der Waals surface area contributed by atoms with Gasteiger partial charge in [-0.3, -0.25) is 4.90 Å². The highest BCUT2D eigenvalue weighted by Gasteiger charge is 2.45. The average Bonchev–Trinajstić information content (AvgIpc) is 2.93. The zero-order valence-corrected chi connectivity index (χ0v) is 12.3. The Balaban J connectivity index is 1.70. The number of aliphatic hydroxyl groups is 1. The minimum absolute atomic E-state index is 0.0866. The molecule has 2 unspecified atom stereocenters. The van der Waals surface area contributed by atoms with Crippen molar-refractivity contribution < 1.29 is 19.0 Å². The molecule has 2 atom stereocenters. The molecule has 1 aromatic carbocycles. The molecule has 1 aromatic rings.